The number of hydrogen-bond acceptors (Lipinski definition) is 6. The van der Waals surface area contributed by atoms with Crippen molar-refractivity contribution in [3.05, 3.63) is 45.5 Å². The molecule has 25 heavy (non-hydrogen) atoms. The van der Waals surface area contributed by atoms with Crippen LogP contribution in [0.3, 0.4) is 0 Å². The number of rotatable bonds is 7. The molecule has 0 saturated carbocycles. The second kappa shape index (κ2) is 9.03. The van der Waals surface area contributed by atoms with Crippen molar-refractivity contribution in [2.45, 2.75) is 33.1 Å². The molecular weight excluding hydrogens is 344 g/mol. The van der Waals surface area contributed by atoms with Gasteiger partial charge in [0.25, 0.3) is 5.91 Å². The van der Waals surface area contributed by atoms with Crippen LogP contribution in [0.5, 0.6) is 0 Å². The first-order valence-corrected chi connectivity index (χ1v) is 8.78. The predicted octanol–water partition coefficient (Wildman–Crippen LogP) is 2.47. The Morgan fingerprint density at radius 1 is 1.24 bits per heavy atom. The van der Waals surface area contributed by atoms with E-state index in [0.29, 0.717) is 4.88 Å². The summed E-state index contributed by atoms with van der Waals surface area (Å²) in [5, 5.41) is 0. The normalized spacial score (nSPS) is 10.3. The number of carbonyl (C=O) groups is 3. The first-order chi connectivity index (χ1) is 12.0. The molecule has 0 spiro atoms. The number of aryl methyl sites for hydroxylation is 2. The van der Waals surface area contributed by atoms with Crippen molar-refractivity contribution in [3.63, 3.8) is 0 Å². The van der Waals surface area contributed by atoms with Crippen molar-refractivity contribution >= 4 is 29.1 Å². The van der Waals surface area contributed by atoms with Gasteiger partial charge in [0.15, 0.2) is 12.4 Å². The van der Waals surface area contributed by atoms with Gasteiger partial charge >= 0.3 is 11.9 Å². The first-order valence-electron chi connectivity index (χ1n) is 7.96. The topological polar surface area (TPSA) is 97.6 Å². The third-order valence-electron chi connectivity index (χ3n) is 3.35. The molecule has 0 aliphatic carbocycles. The summed E-state index contributed by atoms with van der Waals surface area (Å²) in [5.41, 5.74) is 5.45. The van der Waals surface area contributed by atoms with Crippen molar-refractivity contribution in [2.75, 3.05) is 6.61 Å². The van der Waals surface area contributed by atoms with Gasteiger partial charge in [-0.3, -0.25) is 20.4 Å². The second-order valence-corrected chi connectivity index (χ2v) is 6.36. The fourth-order valence-electron chi connectivity index (χ4n) is 2.14. The van der Waals surface area contributed by atoms with Crippen LogP contribution in [0.25, 0.3) is 0 Å². The molecular formula is C17H20N2O5S. The number of carbonyl (C=O) groups excluding carboxylic acids is 3. The van der Waals surface area contributed by atoms with Gasteiger partial charge in [0.2, 0.25) is 0 Å². The summed E-state index contributed by atoms with van der Waals surface area (Å²) >= 11 is 1.40. The molecule has 0 saturated heterocycles. The molecule has 0 aromatic carbocycles. The summed E-state index contributed by atoms with van der Waals surface area (Å²) in [4.78, 5) is 37.0. The quantitative estimate of drug-likeness (QED) is 0.581. The maximum Gasteiger partial charge on any atom is 0.348 e. The maximum absolute atomic E-state index is 12.1. The average molecular weight is 364 g/mol. The minimum atomic E-state index is -0.644. The van der Waals surface area contributed by atoms with Crippen LogP contribution in [-0.2, 0) is 22.4 Å². The molecule has 0 unspecified atom stereocenters. The highest BCUT2D eigenvalue weighted by Gasteiger charge is 2.16. The molecule has 2 aromatic rings. The lowest BCUT2D eigenvalue weighted by Gasteiger charge is -2.06. The molecule has 8 heteroatoms. The number of furan rings is 1. The van der Waals surface area contributed by atoms with E-state index in [4.69, 9.17) is 9.15 Å². The molecule has 2 amide bonds. The summed E-state index contributed by atoms with van der Waals surface area (Å²) in [6, 6.07) is 4.82. The lowest BCUT2D eigenvalue weighted by molar-refractivity contribution is -0.125. The molecule has 0 atom stereocenters. The molecule has 7 nitrogen and oxygen atoms in total. The summed E-state index contributed by atoms with van der Waals surface area (Å²) in [7, 11) is 0. The number of nitrogens with one attached hydrogen (secondary N) is 2. The largest absolute Gasteiger partial charge is 0.459 e. The molecule has 2 heterocycles. The number of hydrazine groups is 1. The molecule has 0 radical (unpaired) electrons. The number of ether oxygens (including phenoxy) is 1. The smallest absolute Gasteiger partial charge is 0.348 e. The van der Waals surface area contributed by atoms with Crippen LogP contribution >= 0.6 is 11.3 Å². The van der Waals surface area contributed by atoms with E-state index in [-0.39, 0.29) is 5.76 Å². The molecule has 2 N–H and O–H groups in total. The summed E-state index contributed by atoms with van der Waals surface area (Å²) in [5.74, 6) is -1.73. The highest BCUT2D eigenvalue weighted by Crippen LogP contribution is 2.25. The van der Waals surface area contributed by atoms with E-state index in [1.165, 1.54) is 28.5 Å². The molecule has 2 aromatic heterocycles. The number of hydrogen-bond donors (Lipinski definition) is 2. The van der Waals surface area contributed by atoms with Gasteiger partial charge in [0, 0.05) is 4.88 Å². The van der Waals surface area contributed by atoms with Gasteiger partial charge in [0.05, 0.1) is 6.26 Å². The van der Waals surface area contributed by atoms with Crippen molar-refractivity contribution in [1.82, 2.24) is 10.9 Å². The maximum atomic E-state index is 12.1. The van der Waals surface area contributed by atoms with Crippen molar-refractivity contribution in [3.8, 4) is 0 Å². The number of esters is 1. The van der Waals surface area contributed by atoms with Gasteiger partial charge in [-0.2, -0.15) is 0 Å². The minimum absolute atomic E-state index is 0.0615. The van der Waals surface area contributed by atoms with Gasteiger partial charge < -0.3 is 9.15 Å². The number of amides is 2. The van der Waals surface area contributed by atoms with Crippen molar-refractivity contribution < 1.29 is 23.5 Å². The van der Waals surface area contributed by atoms with Gasteiger partial charge in [-0.15, -0.1) is 11.3 Å². The molecule has 2 rings (SSSR count). The summed E-state index contributed by atoms with van der Waals surface area (Å²) in [6.07, 6.45) is 4.11. The van der Waals surface area contributed by atoms with E-state index < -0.39 is 24.4 Å². The van der Waals surface area contributed by atoms with E-state index in [9.17, 15) is 14.4 Å². The van der Waals surface area contributed by atoms with Crippen LogP contribution in [-0.4, -0.2) is 24.4 Å². The lowest BCUT2D eigenvalue weighted by Crippen LogP contribution is -2.43. The Morgan fingerprint density at radius 3 is 2.68 bits per heavy atom. The molecule has 0 aliphatic rings. The van der Waals surface area contributed by atoms with E-state index >= 15 is 0 Å². The fraction of sp³-hybridized carbons (Fsp3) is 0.353. The van der Waals surface area contributed by atoms with E-state index in [1.807, 2.05) is 13.0 Å². The van der Waals surface area contributed by atoms with Crippen LogP contribution in [0.1, 0.15) is 50.9 Å². The third-order valence-corrected chi connectivity index (χ3v) is 4.57. The Labute approximate surface area is 149 Å². The van der Waals surface area contributed by atoms with E-state index in [1.54, 1.807) is 6.07 Å². The second-order valence-electron chi connectivity index (χ2n) is 5.22. The lowest BCUT2D eigenvalue weighted by atomic mass is 10.1. The Kier molecular flexibility index (Phi) is 6.76. The SMILES string of the molecule is CCCc1sc(C(=O)OCC(=O)NNC(=O)c2ccco2)cc1CC. The molecule has 0 aliphatic heterocycles. The Morgan fingerprint density at radius 2 is 2.04 bits per heavy atom. The van der Waals surface area contributed by atoms with Crippen LogP contribution in [0, 0.1) is 0 Å². The van der Waals surface area contributed by atoms with E-state index in [0.717, 1.165) is 24.8 Å². The van der Waals surface area contributed by atoms with Gasteiger partial charge in [-0.05, 0) is 36.6 Å². The van der Waals surface area contributed by atoms with Gasteiger partial charge in [0.1, 0.15) is 4.88 Å². The Bertz CT molecular complexity index is 736. The monoisotopic (exact) mass is 364 g/mol. The standard InChI is InChI=1S/C17H20N2O5S/c1-3-6-13-11(4-2)9-14(25-13)17(22)24-10-15(20)18-19-16(21)12-7-5-8-23-12/h5,7-9H,3-4,6,10H2,1-2H3,(H,18,20)(H,19,21). The highest BCUT2D eigenvalue weighted by atomic mass is 32.1. The summed E-state index contributed by atoms with van der Waals surface area (Å²) in [6.45, 7) is 3.63. The Hall–Kier alpha value is -2.61. The minimum Gasteiger partial charge on any atom is -0.459 e. The predicted molar refractivity (Wildman–Crippen MR) is 92.3 cm³/mol. The molecule has 0 fully saturated rings. The molecule has 0 bridgehead atoms. The van der Waals surface area contributed by atoms with Crippen LogP contribution in [0.4, 0.5) is 0 Å². The zero-order valence-electron chi connectivity index (χ0n) is 14.1. The number of thiophene rings is 1. The van der Waals surface area contributed by atoms with Gasteiger partial charge in [-0.1, -0.05) is 20.3 Å². The summed E-state index contributed by atoms with van der Waals surface area (Å²) < 4.78 is 9.87. The van der Waals surface area contributed by atoms with Crippen LogP contribution < -0.4 is 10.9 Å². The van der Waals surface area contributed by atoms with Crippen molar-refractivity contribution in [2.24, 2.45) is 0 Å². The third kappa shape index (κ3) is 5.18. The zero-order valence-corrected chi connectivity index (χ0v) is 14.9. The zero-order chi connectivity index (χ0) is 18.2. The average Bonchev–Trinajstić information content (AvgIpc) is 3.27. The fourth-order valence-corrected chi connectivity index (χ4v) is 3.39. The van der Waals surface area contributed by atoms with Crippen LogP contribution in [0.15, 0.2) is 28.9 Å². The first kappa shape index (κ1) is 18.7. The van der Waals surface area contributed by atoms with E-state index in [2.05, 4.69) is 17.8 Å². The van der Waals surface area contributed by atoms with Crippen LogP contribution in [0.2, 0.25) is 0 Å². The highest BCUT2D eigenvalue weighted by molar-refractivity contribution is 7.14. The molecule has 134 valence electrons. The van der Waals surface area contributed by atoms with Gasteiger partial charge in [-0.25, -0.2) is 4.79 Å². The van der Waals surface area contributed by atoms with Crippen molar-refractivity contribution in [1.29, 1.82) is 0 Å². The Balaban J connectivity index is 1.81.